The highest BCUT2D eigenvalue weighted by molar-refractivity contribution is 5.78. The Balaban J connectivity index is 1.69. The van der Waals surface area contributed by atoms with Crippen LogP contribution in [0.1, 0.15) is 25.0 Å². The summed E-state index contributed by atoms with van der Waals surface area (Å²) in [6, 6.07) is 4.88. The van der Waals surface area contributed by atoms with Crippen molar-refractivity contribution in [3.63, 3.8) is 0 Å². The van der Waals surface area contributed by atoms with Crippen LogP contribution in [0.3, 0.4) is 0 Å². The first kappa shape index (κ1) is 23.7. The molecule has 0 saturated carbocycles. The van der Waals surface area contributed by atoms with Crippen LogP contribution >= 0.6 is 0 Å². The maximum atomic E-state index is 12.7. The van der Waals surface area contributed by atoms with E-state index >= 15 is 0 Å². The average molecular weight is 424 g/mol. The minimum Gasteiger partial charge on any atom is -0.353 e. The fourth-order valence-electron chi connectivity index (χ4n) is 3.00. The summed E-state index contributed by atoms with van der Waals surface area (Å²) in [6.45, 7) is 7.22. The monoisotopic (exact) mass is 424 g/mol. The van der Waals surface area contributed by atoms with Gasteiger partial charge >= 0.3 is 6.18 Å². The lowest BCUT2D eigenvalue weighted by Crippen LogP contribution is -2.52. The standard InChI is InChI=1S/C21H27F3N4O2/c1-16(2)26-20(30)15-28-11-9-27(10-12-28)14-19(29)25-8-4-6-17-5-3-7-18(13-17)21(22,23)24/h3,5,7,13,16H,8-12,14-15H2,1-2H3,(H,25,29)(H,26,30). The van der Waals surface area contributed by atoms with Gasteiger partial charge in [0.2, 0.25) is 11.8 Å². The summed E-state index contributed by atoms with van der Waals surface area (Å²) in [5.41, 5.74) is -0.504. The van der Waals surface area contributed by atoms with Gasteiger partial charge in [-0.25, -0.2) is 0 Å². The number of carbonyl (C=O) groups excluding carboxylic acids is 2. The summed E-state index contributed by atoms with van der Waals surface area (Å²) < 4.78 is 38.1. The summed E-state index contributed by atoms with van der Waals surface area (Å²) in [7, 11) is 0. The predicted octanol–water partition coefficient (Wildman–Crippen LogP) is 1.32. The number of benzene rings is 1. The Hall–Kier alpha value is -2.57. The lowest BCUT2D eigenvalue weighted by Gasteiger charge is -2.33. The van der Waals surface area contributed by atoms with Gasteiger partial charge in [-0.15, -0.1) is 0 Å². The van der Waals surface area contributed by atoms with Gasteiger partial charge in [0, 0.05) is 37.8 Å². The summed E-state index contributed by atoms with van der Waals surface area (Å²) in [5.74, 6) is 5.10. The minimum atomic E-state index is -4.41. The zero-order chi connectivity index (χ0) is 22.1. The molecule has 1 saturated heterocycles. The number of carbonyl (C=O) groups is 2. The van der Waals surface area contributed by atoms with Crippen LogP contribution in [0.15, 0.2) is 24.3 Å². The van der Waals surface area contributed by atoms with Crippen molar-refractivity contribution in [3.05, 3.63) is 35.4 Å². The molecule has 1 aromatic rings. The first-order valence-corrected chi connectivity index (χ1v) is 9.80. The van der Waals surface area contributed by atoms with Crippen LogP contribution in [0.2, 0.25) is 0 Å². The molecule has 1 aromatic carbocycles. The second-order valence-electron chi connectivity index (χ2n) is 7.43. The maximum absolute atomic E-state index is 12.7. The van der Waals surface area contributed by atoms with E-state index in [-0.39, 0.29) is 36.5 Å². The number of nitrogens with one attached hydrogen (secondary N) is 2. The SMILES string of the molecule is CC(C)NC(=O)CN1CCN(CC(=O)NCC#Cc2cccc(C(F)(F)F)c2)CC1. The molecule has 0 spiro atoms. The Morgan fingerprint density at radius 2 is 1.67 bits per heavy atom. The van der Waals surface area contributed by atoms with Crippen molar-refractivity contribution >= 4 is 11.8 Å². The Morgan fingerprint density at radius 3 is 2.23 bits per heavy atom. The van der Waals surface area contributed by atoms with Crippen molar-refractivity contribution in [2.45, 2.75) is 26.1 Å². The van der Waals surface area contributed by atoms with E-state index in [2.05, 4.69) is 22.5 Å². The summed E-state index contributed by atoms with van der Waals surface area (Å²) in [5, 5.41) is 5.51. The average Bonchev–Trinajstić information content (AvgIpc) is 2.66. The number of hydrogen-bond donors (Lipinski definition) is 2. The van der Waals surface area contributed by atoms with Crippen LogP contribution in [-0.4, -0.2) is 73.5 Å². The van der Waals surface area contributed by atoms with Gasteiger partial charge in [0.05, 0.1) is 25.2 Å². The number of halogens is 3. The number of rotatable bonds is 6. The molecule has 0 atom stereocenters. The van der Waals surface area contributed by atoms with Gasteiger partial charge in [0.25, 0.3) is 0 Å². The van der Waals surface area contributed by atoms with Crippen molar-refractivity contribution in [2.24, 2.45) is 0 Å². The molecule has 2 N–H and O–H groups in total. The number of hydrogen-bond acceptors (Lipinski definition) is 4. The van der Waals surface area contributed by atoms with Crippen molar-refractivity contribution < 1.29 is 22.8 Å². The van der Waals surface area contributed by atoms with E-state index in [1.54, 1.807) is 0 Å². The van der Waals surface area contributed by atoms with Crippen LogP contribution in [0.5, 0.6) is 0 Å². The highest BCUT2D eigenvalue weighted by Gasteiger charge is 2.30. The molecular formula is C21H27F3N4O2. The number of amides is 2. The van der Waals surface area contributed by atoms with E-state index in [9.17, 15) is 22.8 Å². The first-order valence-electron chi connectivity index (χ1n) is 9.80. The molecule has 0 bridgehead atoms. The molecule has 0 aromatic heterocycles. The third kappa shape index (κ3) is 8.43. The molecule has 1 aliphatic rings. The predicted molar refractivity (Wildman–Crippen MR) is 107 cm³/mol. The highest BCUT2D eigenvalue weighted by Crippen LogP contribution is 2.29. The zero-order valence-corrected chi connectivity index (χ0v) is 17.2. The zero-order valence-electron chi connectivity index (χ0n) is 17.2. The molecular weight excluding hydrogens is 397 g/mol. The van der Waals surface area contributed by atoms with Crippen molar-refractivity contribution in [1.29, 1.82) is 0 Å². The molecule has 1 heterocycles. The van der Waals surface area contributed by atoms with E-state index in [0.29, 0.717) is 32.7 Å². The third-order valence-corrected chi connectivity index (χ3v) is 4.45. The molecule has 30 heavy (non-hydrogen) atoms. The lowest BCUT2D eigenvalue weighted by molar-refractivity contribution is -0.137. The second-order valence-corrected chi connectivity index (χ2v) is 7.43. The van der Waals surface area contributed by atoms with Crippen LogP contribution in [0, 0.1) is 11.8 Å². The summed E-state index contributed by atoms with van der Waals surface area (Å²) >= 11 is 0. The largest absolute Gasteiger partial charge is 0.416 e. The van der Waals surface area contributed by atoms with Gasteiger partial charge in [-0.2, -0.15) is 13.2 Å². The molecule has 0 aliphatic carbocycles. The molecule has 9 heteroatoms. The van der Waals surface area contributed by atoms with Gasteiger partial charge in [0.1, 0.15) is 0 Å². The topological polar surface area (TPSA) is 64.7 Å². The summed E-state index contributed by atoms with van der Waals surface area (Å²) in [4.78, 5) is 27.9. The lowest BCUT2D eigenvalue weighted by atomic mass is 10.1. The van der Waals surface area contributed by atoms with E-state index in [1.807, 2.05) is 23.6 Å². The Bertz CT molecular complexity index is 791. The molecule has 2 amide bonds. The number of alkyl halides is 3. The van der Waals surface area contributed by atoms with Crippen LogP contribution < -0.4 is 10.6 Å². The Morgan fingerprint density at radius 1 is 1.07 bits per heavy atom. The second kappa shape index (κ2) is 11.0. The number of nitrogens with zero attached hydrogens (tertiary/aromatic N) is 2. The minimum absolute atomic E-state index is 0.00413. The Labute approximate surface area is 174 Å². The molecule has 0 radical (unpaired) electrons. The van der Waals surface area contributed by atoms with Crippen molar-refractivity contribution in [2.75, 3.05) is 45.8 Å². The van der Waals surface area contributed by atoms with Crippen LogP contribution in [-0.2, 0) is 15.8 Å². The molecule has 2 rings (SSSR count). The Kier molecular flexibility index (Phi) is 8.69. The highest BCUT2D eigenvalue weighted by atomic mass is 19.4. The fourth-order valence-corrected chi connectivity index (χ4v) is 3.00. The van der Waals surface area contributed by atoms with E-state index in [4.69, 9.17) is 0 Å². The van der Waals surface area contributed by atoms with Crippen molar-refractivity contribution in [3.8, 4) is 11.8 Å². The van der Waals surface area contributed by atoms with Crippen LogP contribution in [0.25, 0.3) is 0 Å². The van der Waals surface area contributed by atoms with Gasteiger partial charge in [-0.3, -0.25) is 19.4 Å². The van der Waals surface area contributed by atoms with Crippen molar-refractivity contribution in [1.82, 2.24) is 20.4 Å². The molecule has 1 aliphatic heterocycles. The first-order chi connectivity index (χ1) is 14.1. The molecule has 164 valence electrons. The maximum Gasteiger partial charge on any atom is 0.416 e. The van der Waals surface area contributed by atoms with Gasteiger partial charge in [-0.05, 0) is 32.0 Å². The number of piperazine rings is 1. The summed E-state index contributed by atoms with van der Waals surface area (Å²) in [6.07, 6.45) is -4.41. The van der Waals surface area contributed by atoms with E-state index < -0.39 is 11.7 Å². The normalized spacial score (nSPS) is 15.4. The van der Waals surface area contributed by atoms with Crippen LogP contribution in [0.4, 0.5) is 13.2 Å². The molecule has 6 nitrogen and oxygen atoms in total. The van der Waals surface area contributed by atoms with E-state index in [0.717, 1.165) is 12.1 Å². The quantitative estimate of drug-likeness (QED) is 0.676. The van der Waals surface area contributed by atoms with E-state index in [1.165, 1.54) is 12.1 Å². The van der Waals surface area contributed by atoms with Gasteiger partial charge in [0.15, 0.2) is 0 Å². The molecule has 0 unspecified atom stereocenters. The fraction of sp³-hybridized carbons (Fsp3) is 0.524. The molecule has 1 fully saturated rings. The smallest absolute Gasteiger partial charge is 0.353 e. The van der Waals surface area contributed by atoms with Gasteiger partial charge in [-0.1, -0.05) is 17.9 Å². The van der Waals surface area contributed by atoms with Gasteiger partial charge < -0.3 is 10.6 Å². The third-order valence-electron chi connectivity index (χ3n) is 4.45.